The van der Waals surface area contributed by atoms with Gasteiger partial charge in [-0.1, -0.05) is 30.3 Å². The summed E-state index contributed by atoms with van der Waals surface area (Å²) in [6.07, 6.45) is 0. The van der Waals surface area contributed by atoms with Crippen LogP contribution in [-0.2, 0) is 16.1 Å². The molecule has 1 aromatic heterocycles. The van der Waals surface area contributed by atoms with Gasteiger partial charge in [-0.2, -0.15) is 0 Å². The van der Waals surface area contributed by atoms with E-state index >= 15 is 0 Å². The molecule has 6 heteroatoms. The van der Waals surface area contributed by atoms with E-state index in [-0.39, 0.29) is 11.3 Å². The van der Waals surface area contributed by atoms with E-state index in [1.807, 2.05) is 55.6 Å². The van der Waals surface area contributed by atoms with E-state index in [0.717, 1.165) is 21.6 Å². The number of aliphatic hydroxyl groups is 1. The van der Waals surface area contributed by atoms with Crippen molar-refractivity contribution in [3.63, 3.8) is 0 Å². The highest BCUT2D eigenvalue weighted by Gasteiger charge is 2.46. The van der Waals surface area contributed by atoms with Crippen LogP contribution < -0.4 is 4.74 Å². The number of thiophene rings is 1. The first kappa shape index (κ1) is 20.9. The molecule has 0 bridgehead atoms. The summed E-state index contributed by atoms with van der Waals surface area (Å²) in [5, 5.41) is 13.2. The van der Waals surface area contributed by atoms with Gasteiger partial charge in [-0.3, -0.25) is 9.59 Å². The van der Waals surface area contributed by atoms with E-state index in [0.29, 0.717) is 17.9 Å². The number of aryl methyl sites for hydroxylation is 2. The number of ether oxygens (including phenoxy) is 1. The van der Waals surface area contributed by atoms with Crippen molar-refractivity contribution in [1.29, 1.82) is 0 Å². The summed E-state index contributed by atoms with van der Waals surface area (Å²) in [6, 6.07) is 16.1. The standard InChI is InChI=1S/C25H23NO4S/c1-15-7-4-5-9-19(15)22-21(23(27)20-11-10-17(30-3)13-16(20)2)24(28)25(29)26(22)14-18-8-6-12-31-18/h4-13,22,27H,14H2,1-3H3/b23-21+. The molecular formula is C25H23NO4S. The number of Topliss-reactive ketones (excluding diaryl/α,β-unsaturated/α-hetero) is 1. The minimum absolute atomic E-state index is 0.115. The lowest BCUT2D eigenvalue weighted by Gasteiger charge is -2.26. The van der Waals surface area contributed by atoms with Gasteiger partial charge in [-0.05, 0) is 60.2 Å². The van der Waals surface area contributed by atoms with Crippen LogP contribution in [0.15, 0.2) is 65.6 Å². The van der Waals surface area contributed by atoms with Gasteiger partial charge in [-0.25, -0.2) is 0 Å². The molecule has 1 atom stereocenters. The van der Waals surface area contributed by atoms with Crippen molar-refractivity contribution in [3.8, 4) is 5.75 Å². The van der Waals surface area contributed by atoms with E-state index in [9.17, 15) is 14.7 Å². The fourth-order valence-corrected chi connectivity index (χ4v) is 4.71. The number of benzene rings is 2. The summed E-state index contributed by atoms with van der Waals surface area (Å²) < 4.78 is 5.25. The van der Waals surface area contributed by atoms with Crippen LogP contribution in [0.2, 0.25) is 0 Å². The third-order valence-corrected chi connectivity index (χ3v) is 6.48. The number of methoxy groups -OCH3 is 1. The second kappa shape index (κ2) is 8.40. The third-order valence-electron chi connectivity index (χ3n) is 5.62. The van der Waals surface area contributed by atoms with Crippen molar-refractivity contribution in [2.45, 2.75) is 26.4 Å². The number of hydrogen-bond acceptors (Lipinski definition) is 5. The van der Waals surface area contributed by atoms with Gasteiger partial charge in [-0.15, -0.1) is 11.3 Å². The maximum Gasteiger partial charge on any atom is 0.295 e. The lowest BCUT2D eigenvalue weighted by atomic mass is 9.91. The van der Waals surface area contributed by atoms with Crippen LogP contribution in [0.1, 0.15) is 33.2 Å². The molecule has 1 N–H and O–H groups in total. The Bertz CT molecular complexity index is 1180. The zero-order chi connectivity index (χ0) is 22.1. The molecule has 0 aliphatic carbocycles. The van der Waals surface area contributed by atoms with Crippen LogP contribution in [-0.4, -0.2) is 28.8 Å². The van der Waals surface area contributed by atoms with Gasteiger partial charge in [0, 0.05) is 10.4 Å². The summed E-state index contributed by atoms with van der Waals surface area (Å²) in [7, 11) is 1.57. The first-order valence-electron chi connectivity index (χ1n) is 9.93. The Morgan fingerprint density at radius 1 is 1.06 bits per heavy atom. The molecule has 0 saturated carbocycles. The Balaban J connectivity index is 1.90. The van der Waals surface area contributed by atoms with Crippen LogP contribution in [0.5, 0.6) is 5.75 Å². The summed E-state index contributed by atoms with van der Waals surface area (Å²) in [5.41, 5.74) is 3.15. The average molecular weight is 434 g/mol. The topological polar surface area (TPSA) is 66.8 Å². The number of carbonyl (C=O) groups is 2. The summed E-state index contributed by atoms with van der Waals surface area (Å²) in [6.45, 7) is 4.08. The van der Waals surface area contributed by atoms with Crippen molar-refractivity contribution in [3.05, 3.63) is 92.7 Å². The molecule has 4 rings (SSSR count). The van der Waals surface area contributed by atoms with Crippen LogP contribution in [0.3, 0.4) is 0 Å². The number of hydrogen-bond donors (Lipinski definition) is 1. The Morgan fingerprint density at radius 3 is 2.48 bits per heavy atom. The molecule has 1 saturated heterocycles. The van der Waals surface area contributed by atoms with Gasteiger partial charge in [0.15, 0.2) is 0 Å². The van der Waals surface area contributed by atoms with E-state index in [1.165, 1.54) is 11.3 Å². The maximum absolute atomic E-state index is 13.2. The largest absolute Gasteiger partial charge is 0.507 e. The molecule has 1 aliphatic rings. The minimum atomic E-state index is -0.669. The van der Waals surface area contributed by atoms with E-state index in [2.05, 4.69) is 0 Å². The molecule has 2 heterocycles. The SMILES string of the molecule is COc1ccc(/C(O)=C2\C(=O)C(=O)N(Cc3cccs3)C2c2ccccc2C)c(C)c1. The Morgan fingerprint density at radius 2 is 1.84 bits per heavy atom. The normalized spacial score (nSPS) is 17.9. The number of aliphatic hydroxyl groups excluding tert-OH is 1. The number of ketones is 1. The van der Waals surface area contributed by atoms with Gasteiger partial charge in [0.25, 0.3) is 11.7 Å². The third kappa shape index (κ3) is 3.75. The first-order chi connectivity index (χ1) is 14.9. The average Bonchev–Trinajstić information content (AvgIpc) is 3.36. The van der Waals surface area contributed by atoms with Crippen molar-refractivity contribution in [2.24, 2.45) is 0 Å². The van der Waals surface area contributed by atoms with Crippen LogP contribution >= 0.6 is 11.3 Å². The second-order valence-corrected chi connectivity index (χ2v) is 8.58. The molecule has 1 fully saturated rings. The van der Waals surface area contributed by atoms with Crippen LogP contribution in [0.4, 0.5) is 0 Å². The van der Waals surface area contributed by atoms with Crippen molar-refractivity contribution in [2.75, 3.05) is 7.11 Å². The Kier molecular flexibility index (Phi) is 5.65. The lowest BCUT2D eigenvalue weighted by molar-refractivity contribution is -0.140. The zero-order valence-corrected chi connectivity index (χ0v) is 18.4. The number of amides is 1. The fraction of sp³-hybridized carbons (Fsp3) is 0.200. The highest BCUT2D eigenvalue weighted by molar-refractivity contribution is 7.09. The lowest BCUT2D eigenvalue weighted by Crippen LogP contribution is -2.29. The number of carbonyl (C=O) groups excluding carboxylic acids is 2. The Labute approximate surface area is 185 Å². The molecule has 2 aromatic carbocycles. The van der Waals surface area contributed by atoms with Gasteiger partial charge in [0.2, 0.25) is 0 Å². The number of rotatable bonds is 5. The van der Waals surface area contributed by atoms with Crippen molar-refractivity contribution >= 4 is 28.8 Å². The fourth-order valence-electron chi connectivity index (χ4n) is 4.00. The second-order valence-electron chi connectivity index (χ2n) is 7.54. The van der Waals surface area contributed by atoms with Gasteiger partial charge in [0.1, 0.15) is 11.5 Å². The molecule has 0 radical (unpaired) electrons. The predicted octanol–water partition coefficient (Wildman–Crippen LogP) is 5.00. The quantitative estimate of drug-likeness (QED) is 0.350. The molecule has 0 spiro atoms. The first-order valence-corrected chi connectivity index (χ1v) is 10.8. The molecule has 31 heavy (non-hydrogen) atoms. The predicted molar refractivity (Wildman–Crippen MR) is 121 cm³/mol. The van der Waals surface area contributed by atoms with Gasteiger partial charge < -0.3 is 14.7 Å². The van der Waals surface area contributed by atoms with E-state index in [4.69, 9.17) is 4.74 Å². The Hall–Kier alpha value is -3.38. The highest BCUT2D eigenvalue weighted by Crippen LogP contribution is 2.42. The minimum Gasteiger partial charge on any atom is -0.507 e. The molecular weight excluding hydrogens is 410 g/mol. The van der Waals surface area contributed by atoms with Crippen molar-refractivity contribution < 1.29 is 19.4 Å². The summed E-state index contributed by atoms with van der Waals surface area (Å²) in [5.74, 6) is -0.782. The molecule has 1 amide bonds. The van der Waals surface area contributed by atoms with Gasteiger partial charge in [0.05, 0.1) is 25.3 Å². The number of nitrogens with zero attached hydrogens (tertiary/aromatic N) is 1. The molecule has 3 aromatic rings. The zero-order valence-electron chi connectivity index (χ0n) is 17.6. The van der Waals surface area contributed by atoms with Crippen LogP contribution in [0.25, 0.3) is 5.76 Å². The van der Waals surface area contributed by atoms with E-state index < -0.39 is 17.7 Å². The van der Waals surface area contributed by atoms with Gasteiger partial charge >= 0.3 is 0 Å². The van der Waals surface area contributed by atoms with E-state index in [1.54, 1.807) is 30.2 Å². The molecule has 1 unspecified atom stereocenters. The molecule has 158 valence electrons. The highest BCUT2D eigenvalue weighted by atomic mass is 32.1. The molecule has 5 nitrogen and oxygen atoms in total. The van der Waals surface area contributed by atoms with Crippen molar-refractivity contribution in [1.82, 2.24) is 4.90 Å². The number of likely N-dealkylation sites (tertiary alicyclic amines) is 1. The summed E-state index contributed by atoms with van der Waals surface area (Å²) >= 11 is 1.53. The molecule has 1 aliphatic heterocycles. The maximum atomic E-state index is 13.2. The van der Waals surface area contributed by atoms with Crippen LogP contribution in [0, 0.1) is 13.8 Å². The monoisotopic (exact) mass is 433 g/mol. The summed E-state index contributed by atoms with van der Waals surface area (Å²) in [4.78, 5) is 28.8. The smallest absolute Gasteiger partial charge is 0.295 e.